The maximum absolute atomic E-state index is 11.2. The number of phenolic OH excluding ortho intramolecular Hbond substituents is 1. The first kappa shape index (κ1) is 12.2. The van der Waals surface area contributed by atoms with E-state index < -0.39 is 5.97 Å². The summed E-state index contributed by atoms with van der Waals surface area (Å²) in [7, 11) is 1.55. The van der Waals surface area contributed by atoms with Crippen molar-refractivity contribution in [3.8, 4) is 11.5 Å². The number of aromatic hydroxyl groups is 1. The van der Waals surface area contributed by atoms with Gasteiger partial charge in [-0.3, -0.25) is 0 Å². The van der Waals surface area contributed by atoms with Crippen LogP contribution in [0.1, 0.15) is 21.5 Å². The molecule has 0 radical (unpaired) electrons. The van der Waals surface area contributed by atoms with Gasteiger partial charge in [0.05, 0.1) is 12.7 Å². The normalized spacial score (nSPS) is 10.6. The molecule has 2 rings (SSSR count). The first-order valence-corrected chi connectivity index (χ1v) is 5.50. The van der Waals surface area contributed by atoms with Crippen molar-refractivity contribution in [3.63, 3.8) is 0 Å². The number of fused-ring (bicyclic) bond motifs is 1. The molecule has 0 bridgehead atoms. The number of methoxy groups -OCH3 is 1. The van der Waals surface area contributed by atoms with Gasteiger partial charge in [-0.05, 0) is 36.9 Å². The lowest BCUT2D eigenvalue weighted by atomic mass is 9.94. The van der Waals surface area contributed by atoms with Crippen LogP contribution in [-0.2, 0) is 0 Å². The van der Waals surface area contributed by atoms with Crippen molar-refractivity contribution in [2.75, 3.05) is 7.11 Å². The molecule has 0 fully saturated rings. The zero-order valence-corrected chi connectivity index (χ0v) is 10.4. The summed E-state index contributed by atoms with van der Waals surface area (Å²) in [5, 5.41) is 20.6. The monoisotopic (exact) mass is 246 g/mol. The van der Waals surface area contributed by atoms with Gasteiger partial charge in [-0.25, -0.2) is 4.79 Å². The van der Waals surface area contributed by atoms with Crippen LogP contribution >= 0.6 is 0 Å². The summed E-state index contributed by atoms with van der Waals surface area (Å²) in [5.41, 5.74) is 1.18. The minimum Gasteiger partial charge on any atom is -0.507 e. The van der Waals surface area contributed by atoms with Crippen molar-refractivity contribution in [1.29, 1.82) is 0 Å². The van der Waals surface area contributed by atoms with E-state index in [0.29, 0.717) is 22.3 Å². The lowest BCUT2D eigenvalue weighted by Gasteiger charge is -2.13. The molecule has 2 aromatic rings. The number of carboxylic acid groups (broad SMARTS) is 1. The molecule has 2 N–H and O–H groups in total. The highest BCUT2D eigenvalue weighted by Crippen LogP contribution is 2.36. The Balaban J connectivity index is 2.92. The Hall–Kier alpha value is -2.23. The number of aryl methyl sites for hydroxylation is 1. The van der Waals surface area contributed by atoms with E-state index in [2.05, 4.69) is 0 Å². The summed E-state index contributed by atoms with van der Waals surface area (Å²) in [6.45, 7) is 3.34. The van der Waals surface area contributed by atoms with Crippen LogP contribution in [0, 0.1) is 13.8 Å². The second kappa shape index (κ2) is 4.22. The Morgan fingerprint density at radius 1 is 1.17 bits per heavy atom. The number of rotatable bonds is 2. The predicted octanol–water partition coefficient (Wildman–Crippen LogP) is 2.87. The molecule has 18 heavy (non-hydrogen) atoms. The fraction of sp³-hybridized carbons (Fsp3) is 0.214. The molecule has 0 spiro atoms. The summed E-state index contributed by atoms with van der Waals surface area (Å²) in [6.07, 6.45) is 0. The number of benzene rings is 2. The van der Waals surface area contributed by atoms with Crippen LogP contribution in [0.4, 0.5) is 0 Å². The van der Waals surface area contributed by atoms with Crippen LogP contribution in [0.15, 0.2) is 18.2 Å². The Bertz CT molecular complexity index is 644. The third-order valence-corrected chi connectivity index (χ3v) is 3.20. The second-order valence-corrected chi connectivity index (χ2v) is 4.19. The van der Waals surface area contributed by atoms with Gasteiger partial charge in [0.25, 0.3) is 0 Å². The number of carboxylic acids is 1. The smallest absolute Gasteiger partial charge is 0.336 e. The molecule has 0 unspecified atom stereocenters. The predicted molar refractivity (Wildman–Crippen MR) is 68.6 cm³/mol. The van der Waals surface area contributed by atoms with E-state index in [0.717, 1.165) is 5.39 Å². The standard InChI is InChI=1S/C14H14O4/c1-7-10-5-4-9(18-3)6-11(10)13(15)8(2)12(7)14(16)17/h4-6,15H,1-3H3,(H,16,17). The van der Waals surface area contributed by atoms with E-state index in [-0.39, 0.29) is 11.3 Å². The number of carbonyl (C=O) groups is 1. The van der Waals surface area contributed by atoms with Crippen LogP contribution in [0.5, 0.6) is 11.5 Å². The Morgan fingerprint density at radius 3 is 2.39 bits per heavy atom. The van der Waals surface area contributed by atoms with Crippen molar-refractivity contribution < 1.29 is 19.7 Å². The van der Waals surface area contributed by atoms with Crippen LogP contribution in [0.25, 0.3) is 10.8 Å². The van der Waals surface area contributed by atoms with E-state index in [4.69, 9.17) is 4.74 Å². The van der Waals surface area contributed by atoms with E-state index in [1.54, 1.807) is 39.2 Å². The van der Waals surface area contributed by atoms with Crippen molar-refractivity contribution >= 4 is 16.7 Å². The Labute approximate surface area is 104 Å². The molecule has 0 aromatic heterocycles. The number of phenols is 1. The largest absolute Gasteiger partial charge is 0.507 e. The Kier molecular flexibility index (Phi) is 2.87. The molecule has 0 amide bonds. The number of hydrogen-bond donors (Lipinski definition) is 2. The van der Waals surface area contributed by atoms with E-state index in [1.165, 1.54) is 0 Å². The fourth-order valence-corrected chi connectivity index (χ4v) is 2.23. The van der Waals surface area contributed by atoms with Gasteiger partial charge in [0.1, 0.15) is 11.5 Å². The molecule has 4 nitrogen and oxygen atoms in total. The lowest BCUT2D eigenvalue weighted by Crippen LogP contribution is -2.04. The van der Waals surface area contributed by atoms with Crippen LogP contribution in [-0.4, -0.2) is 23.3 Å². The third kappa shape index (κ3) is 1.66. The number of aromatic carboxylic acids is 1. The van der Waals surface area contributed by atoms with Crippen LogP contribution in [0.2, 0.25) is 0 Å². The molecular weight excluding hydrogens is 232 g/mol. The van der Waals surface area contributed by atoms with Gasteiger partial charge < -0.3 is 14.9 Å². The third-order valence-electron chi connectivity index (χ3n) is 3.20. The highest BCUT2D eigenvalue weighted by molar-refractivity contribution is 6.02. The lowest BCUT2D eigenvalue weighted by molar-refractivity contribution is 0.0695. The van der Waals surface area contributed by atoms with E-state index in [9.17, 15) is 15.0 Å². The molecule has 4 heteroatoms. The molecule has 0 atom stereocenters. The maximum atomic E-state index is 11.2. The first-order valence-electron chi connectivity index (χ1n) is 5.50. The summed E-state index contributed by atoms with van der Waals surface area (Å²) >= 11 is 0. The van der Waals surface area contributed by atoms with Crippen molar-refractivity contribution in [2.45, 2.75) is 13.8 Å². The average molecular weight is 246 g/mol. The fourth-order valence-electron chi connectivity index (χ4n) is 2.23. The quantitative estimate of drug-likeness (QED) is 0.855. The number of ether oxygens (including phenoxy) is 1. The maximum Gasteiger partial charge on any atom is 0.336 e. The molecule has 2 aromatic carbocycles. The van der Waals surface area contributed by atoms with E-state index >= 15 is 0 Å². The zero-order chi connectivity index (χ0) is 13.4. The van der Waals surface area contributed by atoms with Gasteiger partial charge in [-0.2, -0.15) is 0 Å². The second-order valence-electron chi connectivity index (χ2n) is 4.19. The molecule has 0 saturated heterocycles. The zero-order valence-electron chi connectivity index (χ0n) is 10.4. The topological polar surface area (TPSA) is 66.8 Å². The van der Waals surface area contributed by atoms with Crippen molar-refractivity contribution in [2.24, 2.45) is 0 Å². The van der Waals surface area contributed by atoms with Crippen molar-refractivity contribution in [1.82, 2.24) is 0 Å². The molecular formula is C14H14O4. The highest BCUT2D eigenvalue weighted by Gasteiger charge is 2.18. The minimum atomic E-state index is -1.03. The first-order chi connectivity index (χ1) is 8.47. The number of hydrogen-bond acceptors (Lipinski definition) is 3. The highest BCUT2D eigenvalue weighted by atomic mass is 16.5. The van der Waals surface area contributed by atoms with Crippen molar-refractivity contribution in [3.05, 3.63) is 34.9 Å². The molecule has 0 aliphatic rings. The summed E-state index contributed by atoms with van der Waals surface area (Å²) in [6, 6.07) is 5.21. The van der Waals surface area contributed by atoms with Crippen LogP contribution < -0.4 is 4.74 Å². The molecule has 0 aliphatic heterocycles. The van der Waals surface area contributed by atoms with Gasteiger partial charge in [0.15, 0.2) is 0 Å². The SMILES string of the molecule is COc1ccc2c(C)c(C(=O)O)c(C)c(O)c2c1. The minimum absolute atomic E-state index is 0.00750. The van der Waals surface area contributed by atoms with Gasteiger partial charge in [0.2, 0.25) is 0 Å². The van der Waals surface area contributed by atoms with E-state index in [1.807, 2.05) is 0 Å². The average Bonchev–Trinajstić information content (AvgIpc) is 2.35. The van der Waals surface area contributed by atoms with Gasteiger partial charge in [-0.15, -0.1) is 0 Å². The summed E-state index contributed by atoms with van der Waals surface area (Å²) in [5.74, 6) is -0.412. The van der Waals surface area contributed by atoms with Gasteiger partial charge in [-0.1, -0.05) is 6.07 Å². The Morgan fingerprint density at radius 2 is 1.83 bits per heavy atom. The molecule has 0 aliphatic carbocycles. The molecule has 94 valence electrons. The van der Waals surface area contributed by atoms with Crippen LogP contribution in [0.3, 0.4) is 0 Å². The summed E-state index contributed by atoms with van der Waals surface area (Å²) in [4.78, 5) is 11.2. The molecule has 0 heterocycles. The summed E-state index contributed by atoms with van der Waals surface area (Å²) < 4.78 is 5.11. The van der Waals surface area contributed by atoms with Gasteiger partial charge in [0, 0.05) is 10.9 Å². The van der Waals surface area contributed by atoms with Gasteiger partial charge >= 0.3 is 5.97 Å². The molecule has 0 saturated carbocycles.